The molecule has 7 heteroatoms. The topological polar surface area (TPSA) is 138 Å². The molecule has 0 spiro atoms. The Kier molecular flexibility index (Phi) is 36.0. The standard InChI is InChI=1S/2C8H16O2.2H2O.U/c2*1-3-5-6-7(4-2)8(9)10;;;/h2*7H,3-6H2,1-2H3,(H,9,10);2*1H2;. The van der Waals surface area contributed by atoms with Crippen LogP contribution in [0.3, 0.4) is 0 Å². The monoisotopic (exact) mass is 562 g/mol. The minimum atomic E-state index is -0.643. The fourth-order valence-corrected chi connectivity index (χ4v) is 1.91. The van der Waals surface area contributed by atoms with E-state index in [2.05, 4.69) is 13.8 Å². The van der Waals surface area contributed by atoms with Crippen molar-refractivity contribution in [2.24, 2.45) is 11.8 Å². The molecule has 0 radical (unpaired) electrons. The molecule has 0 aliphatic carbocycles. The van der Waals surface area contributed by atoms with Crippen LogP contribution in [0.2, 0.25) is 0 Å². The zero-order chi connectivity index (χ0) is 16.0. The summed E-state index contributed by atoms with van der Waals surface area (Å²) in [4.78, 5) is 20.9. The number of carbonyl (C=O) groups is 2. The average molecular weight is 562 g/mol. The summed E-state index contributed by atoms with van der Waals surface area (Å²) in [7, 11) is 0. The summed E-state index contributed by atoms with van der Waals surface area (Å²) in [5, 5.41) is 17.2. The molecule has 2 unspecified atom stereocenters. The van der Waals surface area contributed by atoms with Crippen molar-refractivity contribution in [3.63, 3.8) is 0 Å². The molecule has 2 atom stereocenters. The smallest absolute Gasteiger partial charge is 0.306 e. The fourth-order valence-electron chi connectivity index (χ4n) is 1.91. The van der Waals surface area contributed by atoms with Gasteiger partial charge in [0.2, 0.25) is 0 Å². The average Bonchev–Trinajstić information content (AvgIpc) is 2.40. The van der Waals surface area contributed by atoms with Gasteiger partial charge in [-0.2, -0.15) is 0 Å². The van der Waals surface area contributed by atoms with E-state index in [0.29, 0.717) is 0 Å². The fraction of sp³-hybridized carbons (Fsp3) is 0.875. The molecule has 0 rings (SSSR count). The van der Waals surface area contributed by atoms with Crippen LogP contribution in [-0.2, 0) is 9.59 Å². The van der Waals surface area contributed by atoms with E-state index < -0.39 is 11.9 Å². The van der Waals surface area contributed by atoms with Gasteiger partial charge in [0.15, 0.2) is 0 Å². The molecular weight excluding hydrogens is 526 g/mol. The van der Waals surface area contributed by atoms with E-state index in [9.17, 15) is 9.59 Å². The van der Waals surface area contributed by atoms with Crippen LogP contribution in [0.4, 0.5) is 0 Å². The largest absolute Gasteiger partial charge is 0.481 e. The summed E-state index contributed by atoms with van der Waals surface area (Å²) in [5.41, 5.74) is 0. The molecule has 0 aromatic heterocycles. The summed E-state index contributed by atoms with van der Waals surface area (Å²) in [6.45, 7) is 8.01. The van der Waals surface area contributed by atoms with Crippen molar-refractivity contribution in [1.29, 1.82) is 0 Å². The Morgan fingerprint density at radius 3 is 1.13 bits per heavy atom. The third-order valence-corrected chi connectivity index (χ3v) is 3.50. The van der Waals surface area contributed by atoms with E-state index in [-0.39, 0.29) is 53.9 Å². The van der Waals surface area contributed by atoms with E-state index in [1.807, 2.05) is 13.8 Å². The van der Waals surface area contributed by atoms with E-state index in [0.717, 1.165) is 51.4 Å². The molecule has 0 heterocycles. The number of hydrogen-bond donors (Lipinski definition) is 2. The number of hydrogen-bond acceptors (Lipinski definition) is 2. The molecule has 0 aromatic rings. The Morgan fingerprint density at radius 2 is 1.00 bits per heavy atom. The molecule has 0 aliphatic heterocycles. The molecule has 23 heavy (non-hydrogen) atoms. The van der Waals surface area contributed by atoms with Gasteiger partial charge in [-0.3, -0.25) is 9.59 Å². The number of aliphatic carboxylic acids is 2. The molecular formula is C16H36O6U. The second-order valence-corrected chi connectivity index (χ2v) is 5.17. The van der Waals surface area contributed by atoms with E-state index in [4.69, 9.17) is 10.2 Å². The van der Waals surface area contributed by atoms with E-state index >= 15 is 0 Å². The Hall–Kier alpha value is -0.0881. The second kappa shape index (κ2) is 24.2. The number of unbranched alkanes of at least 4 members (excludes halogenated alkanes) is 2. The Bertz CT molecular complexity index is 235. The van der Waals surface area contributed by atoms with Crippen LogP contribution in [-0.4, -0.2) is 33.1 Å². The van der Waals surface area contributed by atoms with Crippen molar-refractivity contribution >= 4 is 11.9 Å². The summed E-state index contributed by atoms with van der Waals surface area (Å²) < 4.78 is 0. The van der Waals surface area contributed by atoms with Gasteiger partial charge in [-0.25, -0.2) is 0 Å². The molecule has 0 bridgehead atoms. The van der Waals surface area contributed by atoms with Crippen LogP contribution >= 0.6 is 0 Å². The van der Waals surface area contributed by atoms with Crippen LogP contribution < -0.4 is 0 Å². The van der Waals surface area contributed by atoms with Gasteiger partial charge in [-0.05, 0) is 25.7 Å². The van der Waals surface area contributed by atoms with E-state index in [1.165, 1.54) is 0 Å². The van der Waals surface area contributed by atoms with Crippen LogP contribution in [0.5, 0.6) is 0 Å². The van der Waals surface area contributed by atoms with Crippen molar-refractivity contribution in [2.75, 3.05) is 0 Å². The van der Waals surface area contributed by atoms with Crippen LogP contribution in [0.1, 0.15) is 79.1 Å². The first-order valence-corrected chi connectivity index (χ1v) is 7.89. The molecule has 0 amide bonds. The first kappa shape index (κ1) is 34.3. The molecule has 0 aromatic carbocycles. The van der Waals surface area contributed by atoms with Gasteiger partial charge in [0.1, 0.15) is 0 Å². The van der Waals surface area contributed by atoms with Crippen molar-refractivity contribution in [1.82, 2.24) is 0 Å². The van der Waals surface area contributed by atoms with Gasteiger partial charge in [0, 0.05) is 31.1 Å². The summed E-state index contributed by atoms with van der Waals surface area (Å²) >= 11 is 0. The maximum Gasteiger partial charge on any atom is 0.306 e. The maximum atomic E-state index is 10.4. The van der Waals surface area contributed by atoms with Crippen molar-refractivity contribution in [2.45, 2.75) is 79.1 Å². The van der Waals surface area contributed by atoms with Gasteiger partial charge in [0.05, 0.1) is 11.8 Å². The predicted molar refractivity (Wildman–Crippen MR) is 89.1 cm³/mol. The molecule has 6 nitrogen and oxygen atoms in total. The molecule has 0 saturated carbocycles. The first-order valence-electron chi connectivity index (χ1n) is 7.89. The Labute approximate surface area is 164 Å². The molecule has 0 saturated heterocycles. The number of carboxylic acids is 2. The minimum Gasteiger partial charge on any atom is -0.481 e. The zero-order valence-corrected chi connectivity index (χ0v) is 19.2. The zero-order valence-electron chi connectivity index (χ0n) is 15.0. The van der Waals surface area contributed by atoms with Gasteiger partial charge < -0.3 is 21.2 Å². The summed E-state index contributed by atoms with van der Waals surface area (Å²) in [6.07, 6.45) is 7.43. The summed E-state index contributed by atoms with van der Waals surface area (Å²) in [5.74, 6) is -1.51. The Morgan fingerprint density at radius 1 is 0.739 bits per heavy atom. The SMILES string of the molecule is CCCCC(CC)C(=O)O.CCCCC(CC)C(=O)O.O.O.[U]. The van der Waals surface area contributed by atoms with Gasteiger partial charge in [0.25, 0.3) is 0 Å². The molecule has 6 N–H and O–H groups in total. The van der Waals surface area contributed by atoms with Crippen LogP contribution in [0.15, 0.2) is 0 Å². The van der Waals surface area contributed by atoms with Crippen molar-refractivity contribution in [3.05, 3.63) is 0 Å². The molecule has 140 valence electrons. The normalized spacial score (nSPS) is 11.3. The maximum absolute atomic E-state index is 10.4. The van der Waals surface area contributed by atoms with Gasteiger partial charge in [-0.15, -0.1) is 0 Å². The minimum absolute atomic E-state index is 0. The predicted octanol–water partition coefficient (Wildman–Crippen LogP) is 2.93. The van der Waals surface area contributed by atoms with Crippen LogP contribution in [0.25, 0.3) is 0 Å². The number of carboxylic acid groups (broad SMARTS) is 2. The summed E-state index contributed by atoms with van der Waals surface area (Å²) in [6, 6.07) is 0. The van der Waals surface area contributed by atoms with Crippen molar-refractivity contribution in [3.8, 4) is 0 Å². The van der Waals surface area contributed by atoms with Gasteiger partial charge >= 0.3 is 11.9 Å². The molecule has 0 aliphatic rings. The third-order valence-electron chi connectivity index (χ3n) is 3.50. The quantitative estimate of drug-likeness (QED) is 0.423. The number of rotatable bonds is 10. The Balaban J connectivity index is -0.0000000831. The second-order valence-electron chi connectivity index (χ2n) is 5.17. The molecule has 0 fully saturated rings. The first-order chi connectivity index (χ1) is 9.44. The van der Waals surface area contributed by atoms with E-state index in [1.54, 1.807) is 0 Å². The van der Waals surface area contributed by atoms with Crippen molar-refractivity contribution < 1.29 is 61.9 Å². The third kappa shape index (κ3) is 21.9. The van der Waals surface area contributed by atoms with Crippen LogP contribution in [0, 0.1) is 42.9 Å². The van der Waals surface area contributed by atoms with Gasteiger partial charge in [-0.1, -0.05) is 53.4 Å².